The van der Waals surface area contributed by atoms with Gasteiger partial charge in [0.1, 0.15) is 0 Å². The summed E-state index contributed by atoms with van der Waals surface area (Å²) in [5.74, 6) is 4.70. The van der Waals surface area contributed by atoms with Crippen LogP contribution in [0.25, 0.3) is 0 Å². The van der Waals surface area contributed by atoms with E-state index in [9.17, 15) is 0 Å². The number of benzene rings is 1. The molecular formula is C8H10BrNO2S. The van der Waals surface area contributed by atoms with Gasteiger partial charge in [-0.25, -0.2) is 0 Å². The van der Waals surface area contributed by atoms with Crippen LogP contribution in [-0.4, -0.2) is 5.33 Å². The third-order valence-corrected chi connectivity index (χ3v) is 2.48. The molecule has 0 aromatic heterocycles. The highest BCUT2D eigenvalue weighted by Crippen LogP contribution is 2.19. The van der Waals surface area contributed by atoms with Crippen LogP contribution in [0.15, 0.2) is 29.2 Å². The summed E-state index contributed by atoms with van der Waals surface area (Å²) in [6.07, 6.45) is 1.03. The van der Waals surface area contributed by atoms with Gasteiger partial charge in [0.15, 0.2) is 0 Å². The van der Waals surface area contributed by atoms with Crippen molar-refractivity contribution in [1.82, 2.24) is 0 Å². The summed E-state index contributed by atoms with van der Waals surface area (Å²) in [6, 6.07) is 8.01. The molecule has 5 heteroatoms. The minimum Gasteiger partial charge on any atom is -0.182 e. The van der Waals surface area contributed by atoms with E-state index in [1.54, 1.807) is 0 Å². The first kappa shape index (κ1) is 11.0. The molecule has 0 aliphatic carbocycles. The van der Waals surface area contributed by atoms with Crippen molar-refractivity contribution in [3.63, 3.8) is 0 Å². The first-order valence-electron chi connectivity index (χ1n) is 3.72. The molecule has 0 aliphatic rings. The minimum atomic E-state index is 0.962. The van der Waals surface area contributed by atoms with E-state index < -0.39 is 0 Å². The average Bonchev–Trinajstić information content (AvgIpc) is 2.17. The lowest BCUT2D eigenvalue weighted by atomic mass is 10.2. The van der Waals surface area contributed by atoms with Crippen LogP contribution in [0.5, 0.6) is 0 Å². The molecule has 3 nitrogen and oxygen atoms in total. The fourth-order valence-corrected chi connectivity index (χ4v) is 1.70. The number of hydrogen-bond acceptors (Lipinski definition) is 4. The molecule has 0 saturated carbocycles. The Morgan fingerprint density at radius 1 is 1.31 bits per heavy atom. The normalized spacial score (nSPS) is 10.3. The van der Waals surface area contributed by atoms with Crippen molar-refractivity contribution in [3.8, 4) is 0 Å². The number of rotatable bonds is 5. The molecule has 13 heavy (non-hydrogen) atoms. The van der Waals surface area contributed by atoms with E-state index in [-0.39, 0.29) is 0 Å². The van der Waals surface area contributed by atoms with E-state index in [4.69, 9.17) is 5.90 Å². The zero-order valence-corrected chi connectivity index (χ0v) is 9.31. The van der Waals surface area contributed by atoms with Crippen molar-refractivity contribution in [2.45, 2.75) is 11.3 Å². The summed E-state index contributed by atoms with van der Waals surface area (Å²) in [4.78, 5) is 4.94. The quantitative estimate of drug-likeness (QED) is 0.384. The first-order valence-corrected chi connectivity index (χ1v) is 5.58. The van der Waals surface area contributed by atoms with Gasteiger partial charge >= 0.3 is 0 Å². The Kier molecular flexibility index (Phi) is 5.41. The molecule has 72 valence electrons. The molecule has 1 aromatic rings. The molecule has 0 unspecified atom stereocenters. The van der Waals surface area contributed by atoms with Gasteiger partial charge in [0.25, 0.3) is 0 Å². The number of nitrogens with two attached hydrogens (primary N) is 1. The van der Waals surface area contributed by atoms with Gasteiger partial charge in [-0.05, 0) is 24.1 Å². The monoisotopic (exact) mass is 263 g/mol. The van der Waals surface area contributed by atoms with Crippen LogP contribution in [0.1, 0.15) is 5.56 Å². The fraction of sp³-hybridized carbons (Fsp3) is 0.250. The summed E-state index contributed by atoms with van der Waals surface area (Å²) in [5, 5.41) is 0.974. The highest BCUT2D eigenvalue weighted by Gasteiger charge is 1.95. The maximum Gasteiger partial charge on any atom is 0.0702 e. The lowest BCUT2D eigenvalue weighted by Gasteiger charge is -2.00. The maximum absolute atomic E-state index is 4.70. The Balaban J connectivity index is 2.48. The molecule has 0 atom stereocenters. The van der Waals surface area contributed by atoms with E-state index in [1.807, 2.05) is 24.3 Å². The van der Waals surface area contributed by atoms with Gasteiger partial charge < -0.3 is 0 Å². The van der Waals surface area contributed by atoms with Crippen LogP contribution in [-0.2, 0) is 15.7 Å². The lowest BCUT2D eigenvalue weighted by molar-refractivity contribution is -0.195. The van der Waals surface area contributed by atoms with Gasteiger partial charge in [-0.1, -0.05) is 28.1 Å². The molecule has 0 amide bonds. The van der Waals surface area contributed by atoms with Gasteiger partial charge in [-0.3, -0.25) is 0 Å². The molecule has 1 aromatic carbocycles. The number of alkyl halides is 1. The Morgan fingerprint density at radius 3 is 2.54 bits per heavy atom. The van der Waals surface area contributed by atoms with Crippen molar-refractivity contribution in [2.75, 3.05) is 5.33 Å². The van der Waals surface area contributed by atoms with Gasteiger partial charge in [0.05, 0.1) is 12.0 Å². The lowest BCUT2D eigenvalue weighted by Crippen LogP contribution is -1.93. The zero-order chi connectivity index (χ0) is 9.52. The van der Waals surface area contributed by atoms with Crippen molar-refractivity contribution in [3.05, 3.63) is 29.8 Å². The second-order valence-corrected chi connectivity index (χ2v) is 3.90. The summed E-state index contributed by atoms with van der Waals surface area (Å²) >= 11 is 4.47. The largest absolute Gasteiger partial charge is 0.182 e. The molecule has 0 saturated heterocycles. The van der Waals surface area contributed by atoms with E-state index in [1.165, 1.54) is 5.56 Å². The van der Waals surface area contributed by atoms with Crippen LogP contribution in [0.3, 0.4) is 0 Å². The van der Waals surface area contributed by atoms with E-state index >= 15 is 0 Å². The van der Waals surface area contributed by atoms with Crippen LogP contribution in [0, 0.1) is 0 Å². The molecule has 1 rings (SSSR count). The molecule has 0 fully saturated rings. The second-order valence-electron chi connectivity index (χ2n) is 2.33. The molecule has 0 aliphatic heterocycles. The minimum absolute atomic E-state index is 0.962. The topological polar surface area (TPSA) is 44.5 Å². The third kappa shape index (κ3) is 4.10. The zero-order valence-electron chi connectivity index (χ0n) is 6.90. The van der Waals surface area contributed by atoms with E-state index in [0.717, 1.165) is 28.7 Å². The Bertz CT molecular complexity index is 242. The van der Waals surface area contributed by atoms with Crippen molar-refractivity contribution < 1.29 is 9.32 Å². The molecular weight excluding hydrogens is 254 g/mol. The molecule has 0 radical (unpaired) electrons. The number of halogens is 1. The molecule has 0 heterocycles. The predicted octanol–water partition coefficient (Wildman–Crippen LogP) is 2.45. The van der Waals surface area contributed by atoms with Gasteiger partial charge in [-0.15, -0.1) is 9.32 Å². The summed E-state index contributed by atoms with van der Waals surface area (Å²) in [6.45, 7) is 0. The third-order valence-electron chi connectivity index (χ3n) is 1.48. The van der Waals surface area contributed by atoms with Gasteiger partial charge in [0, 0.05) is 10.2 Å². The summed E-state index contributed by atoms with van der Waals surface area (Å²) in [7, 11) is 0. The van der Waals surface area contributed by atoms with Gasteiger partial charge in [0.2, 0.25) is 0 Å². The fourth-order valence-electron chi connectivity index (χ4n) is 0.880. The Labute approximate surface area is 89.8 Å². The maximum atomic E-state index is 4.70. The van der Waals surface area contributed by atoms with Crippen LogP contribution in [0.4, 0.5) is 0 Å². The second kappa shape index (κ2) is 6.39. The Hall–Kier alpha value is -0.0700. The predicted molar refractivity (Wildman–Crippen MR) is 56.2 cm³/mol. The number of hydrogen-bond donors (Lipinski definition) is 1. The highest BCUT2D eigenvalue weighted by molar-refractivity contribution is 9.09. The summed E-state index contributed by atoms with van der Waals surface area (Å²) < 4.78 is 4.50. The van der Waals surface area contributed by atoms with E-state index in [2.05, 4.69) is 25.3 Å². The molecule has 2 N–H and O–H groups in total. The van der Waals surface area contributed by atoms with Crippen LogP contribution >= 0.6 is 28.0 Å². The van der Waals surface area contributed by atoms with Crippen molar-refractivity contribution in [2.24, 2.45) is 5.90 Å². The highest BCUT2D eigenvalue weighted by atomic mass is 79.9. The average molecular weight is 264 g/mol. The smallest absolute Gasteiger partial charge is 0.0702 e. The van der Waals surface area contributed by atoms with E-state index in [0.29, 0.717) is 0 Å². The Morgan fingerprint density at radius 2 is 2.00 bits per heavy atom. The molecule has 0 bridgehead atoms. The number of aryl methyl sites for hydroxylation is 1. The first-order chi connectivity index (χ1) is 6.36. The van der Waals surface area contributed by atoms with Gasteiger partial charge in [-0.2, -0.15) is 5.90 Å². The van der Waals surface area contributed by atoms with Crippen LogP contribution in [0.2, 0.25) is 0 Å². The van der Waals surface area contributed by atoms with Crippen molar-refractivity contribution in [1.29, 1.82) is 0 Å². The van der Waals surface area contributed by atoms with Crippen LogP contribution < -0.4 is 5.90 Å². The SMILES string of the molecule is NOOSc1ccc(CCBr)cc1. The van der Waals surface area contributed by atoms with Crippen molar-refractivity contribution >= 4 is 28.0 Å². The summed E-state index contributed by atoms with van der Waals surface area (Å²) in [5.41, 5.74) is 1.29. The molecule has 0 spiro atoms. The standard InChI is InChI=1S/C8H10BrNO2S/c9-6-5-7-1-3-8(4-2-7)13-12-11-10/h1-4H,5-6,10H2.